The van der Waals surface area contributed by atoms with Crippen LogP contribution in [0.3, 0.4) is 0 Å². The number of carbonyl (C=O) groups excluding carboxylic acids is 1. The third kappa shape index (κ3) is 3.88. The van der Waals surface area contributed by atoms with Crippen LogP contribution in [0.2, 0.25) is 0 Å². The molecule has 0 saturated carbocycles. The SMILES string of the molecule is CC(C)CC(=O)Nc1ccc(Nc2ccc3c(c2)OCO3)nn1. The first-order valence-corrected chi connectivity index (χ1v) is 7.40. The van der Waals surface area contributed by atoms with Crippen molar-refractivity contribution >= 4 is 23.2 Å². The Kier molecular flexibility index (Phi) is 4.27. The monoisotopic (exact) mass is 314 g/mol. The second-order valence-electron chi connectivity index (χ2n) is 5.64. The Bertz CT molecular complexity index is 701. The number of hydrogen-bond donors (Lipinski definition) is 2. The van der Waals surface area contributed by atoms with Gasteiger partial charge in [-0.3, -0.25) is 4.79 Å². The molecule has 1 aromatic carbocycles. The van der Waals surface area contributed by atoms with Gasteiger partial charge in [-0.05, 0) is 30.2 Å². The molecule has 3 rings (SSSR count). The Morgan fingerprint density at radius 3 is 2.61 bits per heavy atom. The molecule has 1 aromatic heterocycles. The Hall–Kier alpha value is -2.83. The molecular weight excluding hydrogens is 296 g/mol. The first-order valence-electron chi connectivity index (χ1n) is 7.40. The number of fused-ring (bicyclic) bond motifs is 1. The van der Waals surface area contributed by atoms with Gasteiger partial charge in [-0.1, -0.05) is 13.8 Å². The zero-order chi connectivity index (χ0) is 16.2. The molecule has 2 N–H and O–H groups in total. The third-order valence-electron chi connectivity index (χ3n) is 3.17. The summed E-state index contributed by atoms with van der Waals surface area (Å²) in [6, 6.07) is 9.00. The summed E-state index contributed by atoms with van der Waals surface area (Å²) in [4.78, 5) is 11.7. The van der Waals surface area contributed by atoms with Gasteiger partial charge in [-0.25, -0.2) is 0 Å². The minimum absolute atomic E-state index is 0.0641. The average molecular weight is 314 g/mol. The molecule has 7 nitrogen and oxygen atoms in total. The number of anilines is 3. The van der Waals surface area contributed by atoms with Crippen LogP contribution < -0.4 is 20.1 Å². The molecule has 7 heteroatoms. The van der Waals surface area contributed by atoms with Crippen LogP contribution in [0.1, 0.15) is 20.3 Å². The van der Waals surface area contributed by atoms with Gasteiger partial charge >= 0.3 is 0 Å². The van der Waals surface area contributed by atoms with Crippen molar-refractivity contribution in [2.45, 2.75) is 20.3 Å². The van der Waals surface area contributed by atoms with Crippen molar-refractivity contribution in [2.75, 3.05) is 17.4 Å². The Morgan fingerprint density at radius 2 is 1.87 bits per heavy atom. The highest BCUT2D eigenvalue weighted by Crippen LogP contribution is 2.34. The standard InChI is InChI=1S/C16H18N4O3/c1-10(2)7-16(21)18-15-6-5-14(19-20-15)17-11-3-4-12-13(8-11)23-9-22-12/h3-6,8,10H,7,9H2,1-2H3,(H,17,19)(H,18,20,21). The maximum absolute atomic E-state index is 11.7. The van der Waals surface area contributed by atoms with Gasteiger partial charge in [-0.15, -0.1) is 10.2 Å². The minimum Gasteiger partial charge on any atom is -0.454 e. The topological polar surface area (TPSA) is 85.4 Å². The summed E-state index contributed by atoms with van der Waals surface area (Å²) in [6.07, 6.45) is 0.457. The molecule has 1 amide bonds. The molecule has 0 fully saturated rings. The van der Waals surface area contributed by atoms with Crippen LogP contribution in [0.4, 0.5) is 17.3 Å². The first-order chi connectivity index (χ1) is 11.1. The van der Waals surface area contributed by atoms with Crippen LogP contribution in [0, 0.1) is 5.92 Å². The van der Waals surface area contributed by atoms with Gasteiger partial charge in [0.15, 0.2) is 23.1 Å². The van der Waals surface area contributed by atoms with Crippen LogP contribution in [0.25, 0.3) is 0 Å². The Balaban J connectivity index is 1.62. The van der Waals surface area contributed by atoms with Crippen molar-refractivity contribution in [3.8, 4) is 11.5 Å². The Labute approximate surface area is 134 Å². The zero-order valence-corrected chi connectivity index (χ0v) is 13.0. The molecular formula is C16H18N4O3. The molecule has 0 atom stereocenters. The maximum atomic E-state index is 11.7. The number of ether oxygens (including phenoxy) is 2. The molecule has 0 unspecified atom stereocenters. The van der Waals surface area contributed by atoms with Crippen molar-refractivity contribution in [3.05, 3.63) is 30.3 Å². The number of aromatic nitrogens is 2. The van der Waals surface area contributed by atoms with Gasteiger partial charge in [0.2, 0.25) is 12.7 Å². The van der Waals surface area contributed by atoms with Crippen molar-refractivity contribution in [2.24, 2.45) is 5.92 Å². The van der Waals surface area contributed by atoms with Gasteiger partial charge in [-0.2, -0.15) is 0 Å². The largest absolute Gasteiger partial charge is 0.454 e. The van der Waals surface area contributed by atoms with Gasteiger partial charge in [0.05, 0.1) is 0 Å². The molecule has 2 aromatic rings. The molecule has 2 heterocycles. The Morgan fingerprint density at radius 1 is 1.13 bits per heavy atom. The molecule has 1 aliphatic rings. The van der Waals surface area contributed by atoms with Crippen LogP contribution in [-0.2, 0) is 4.79 Å². The van der Waals surface area contributed by atoms with Crippen molar-refractivity contribution < 1.29 is 14.3 Å². The van der Waals surface area contributed by atoms with E-state index in [1.54, 1.807) is 12.1 Å². The molecule has 1 aliphatic heterocycles. The van der Waals surface area contributed by atoms with Crippen molar-refractivity contribution in [3.63, 3.8) is 0 Å². The fraction of sp³-hybridized carbons (Fsp3) is 0.312. The lowest BCUT2D eigenvalue weighted by molar-refractivity contribution is -0.116. The number of rotatable bonds is 5. The minimum atomic E-state index is -0.0641. The van der Waals surface area contributed by atoms with Gasteiger partial charge in [0.25, 0.3) is 0 Å². The van der Waals surface area contributed by atoms with Crippen LogP contribution in [-0.4, -0.2) is 22.9 Å². The lowest BCUT2D eigenvalue weighted by Crippen LogP contribution is -2.15. The van der Waals surface area contributed by atoms with Crippen molar-refractivity contribution in [1.29, 1.82) is 0 Å². The summed E-state index contributed by atoms with van der Waals surface area (Å²) in [5.74, 6) is 2.67. The van der Waals surface area contributed by atoms with E-state index in [1.807, 2.05) is 32.0 Å². The second kappa shape index (κ2) is 6.51. The van der Waals surface area contributed by atoms with E-state index in [0.29, 0.717) is 29.7 Å². The summed E-state index contributed by atoms with van der Waals surface area (Å²) in [5, 5.41) is 13.9. The summed E-state index contributed by atoms with van der Waals surface area (Å²) < 4.78 is 10.6. The van der Waals surface area contributed by atoms with E-state index >= 15 is 0 Å². The zero-order valence-electron chi connectivity index (χ0n) is 13.0. The highest BCUT2D eigenvalue weighted by atomic mass is 16.7. The lowest BCUT2D eigenvalue weighted by atomic mass is 10.1. The van der Waals surface area contributed by atoms with Gasteiger partial charge in [0.1, 0.15) is 0 Å². The molecule has 0 bridgehead atoms. The van der Waals surface area contributed by atoms with E-state index in [9.17, 15) is 4.79 Å². The predicted octanol–water partition coefficient (Wildman–Crippen LogP) is 2.93. The summed E-state index contributed by atoms with van der Waals surface area (Å²) in [6.45, 7) is 4.22. The lowest BCUT2D eigenvalue weighted by Gasteiger charge is -2.08. The average Bonchev–Trinajstić information content (AvgIpc) is 2.96. The van der Waals surface area contributed by atoms with E-state index in [0.717, 1.165) is 11.4 Å². The third-order valence-corrected chi connectivity index (χ3v) is 3.17. The van der Waals surface area contributed by atoms with Gasteiger partial charge < -0.3 is 20.1 Å². The number of nitrogens with zero attached hydrogens (tertiary/aromatic N) is 2. The number of amides is 1. The smallest absolute Gasteiger partial charge is 0.231 e. The number of nitrogens with one attached hydrogen (secondary N) is 2. The van der Waals surface area contributed by atoms with E-state index in [2.05, 4.69) is 20.8 Å². The van der Waals surface area contributed by atoms with E-state index < -0.39 is 0 Å². The summed E-state index contributed by atoms with van der Waals surface area (Å²) in [5.41, 5.74) is 0.820. The van der Waals surface area contributed by atoms with Crippen molar-refractivity contribution in [1.82, 2.24) is 10.2 Å². The fourth-order valence-corrected chi connectivity index (χ4v) is 2.15. The summed E-state index contributed by atoms with van der Waals surface area (Å²) in [7, 11) is 0. The number of hydrogen-bond acceptors (Lipinski definition) is 6. The van der Waals surface area contributed by atoms with E-state index in [4.69, 9.17) is 9.47 Å². The molecule has 120 valence electrons. The molecule has 0 radical (unpaired) electrons. The molecule has 23 heavy (non-hydrogen) atoms. The molecule has 0 aliphatic carbocycles. The molecule has 0 saturated heterocycles. The summed E-state index contributed by atoms with van der Waals surface area (Å²) >= 11 is 0. The molecule has 0 spiro atoms. The van der Waals surface area contributed by atoms with Gasteiger partial charge in [0, 0.05) is 18.2 Å². The normalized spacial score (nSPS) is 12.3. The quantitative estimate of drug-likeness (QED) is 0.882. The first kappa shape index (κ1) is 15.1. The number of carbonyl (C=O) groups is 1. The van der Waals surface area contributed by atoms with Crippen LogP contribution in [0.5, 0.6) is 11.5 Å². The van der Waals surface area contributed by atoms with E-state index in [1.165, 1.54) is 0 Å². The fourth-order valence-electron chi connectivity index (χ4n) is 2.15. The van der Waals surface area contributed by atoms with E-state index in [-0.39, 0.29) is 12.7 Å². The highest BCUT2D eigenvalue weighted by molar-refractivity contribution is 5.89. The maximum Gasteiger partial charge on any atom is 0.231 e. The predicted molar refractivity (Wildman–Crippen MR) is 86.0 cm³/mol. The highest BCUT2D eigenvalue weighted by Gasteiger charge is 2.13. The number of benzene rings is 1. The second-order valence-corrected chi connectivity index (χ2v) is 5.64. The van der Waals surface area contributed by atoms with Crippen LogP contribution in [0.15, 0.2) is 30.3 Å². The van der Waals surface area contributed by atoms with Crippen LogP contribution >= 0.6 is 0 Å².